The summed E-state index contributed by atoms with van der Waals surface area (Å²) in [5.41, 5.74) is 2.77. The van der Waals surface area contributed by atoms with E-state index in [0.717, 1.165) is 22.2 Å². The third-order valence-corrected chi connectivity index (χ3v) is 5.34. The van der Waals surface area contributed by atoms with Gasteiger partial charge in [-0.2, -0.15) is 5.10 Å². The Morgan fingerprint density at radius 3 is 2.47 bits per heavy atom. The SMILES string of the molecule is Cc1nc2ccccc2c(NC(=O)c2nn(-c3ccccc3F)c(C)cc2=O)c1C(C)C. The monoisotopic (exact) mass is 430 g/mol. The van der Waals surface area contributed by atoms with Crippen LogP contribution in [0.2, 0.25) is 0 Å². The predicted molar refractivity (Wildman–Crippen MR) is 123 cm³/mol. The van der Waals surface area contributed by atoms with E-state index in [1.54, 1.807) is 19.1 Å². The lowest BCUT2D eigenvalue weighted by atomic mass is 9.96. The van der Waals surface area contributed by atoms with E-state index in [1.165, 1.54) is 22.9 Å². The van der Waals surface area contributed by atoms with Gasteiger partial charge in [-0.3, -0.25) is 14.6 Å². The lowest BCUT2D eigenvalue weighted by molar-refractivity contribution is 0.101. The number of pyridine rings is 1. The van der Waals surface area contributed by atoms with Crippen molar-refractivity contribution in [2.75, 3.05) is 5.32 Å². The van der Waals surface area contributed by atoms with Crippen molar-refractivity contribution >= 4 is 22.5 Å². The molecule has 32 heavy (non-hydrogen) atoms. The van der Waals surface area contributed by atoms with Crippen LogP contribution in [0.5, 0.6) is 0 Å². The molecule has 2 aromatic heterocycles. The molecule has 1 amide bonds. The Balaban J connectivity index is 1.85. The molecule has 0 saturated carbocycles. The van der Waals surface area contributed by atoms with Crippen molar-refractivity contribution in [3.63, 3.8) is 0 Å². The molecule has 4 aromatic rings. The summed E-state index contributed by atoms with van der Waals surface area (Å²) in [6.07, 6.45) is 0. The molecule has 0 unspecified atom stereocenters. The topological polar surface area (TPSA) is 76.9 Å². The zero-order valence-corrected chi connectivity index (χ0v) is 18.3. The number of aryl methyl sites for hydroxylation is 2. The number of carbonyl (C=O) groups excluding carboxylic acids is 1. The minimum Gasteiger partial charge on any atom is -0.319 e. The van der Waals surface area contributed by atoms with Crippen LogP contribution in [0, 0.1) is 19.7 Å². The molecule has 2 heterocycles. The fraction of sp³-hybridized carbons (Fsp3) is 0.200. The third-order valence-electron chi connectivity index (χ3n) is 5.34. The van der Waals surface area contributed by atoms with E-state index in [1.807, 2.05) is 45.0 Å². The molecule has 0 aliphatic heterocycles. The highest BCUT2D eigenvalue weighted by atomic mass is 19.1. The standard InChI is InChI=1S/C25H23FN4O2/c1-14(2)22-16(4)27-19-11-7-5-9-17(19)23(22)28-25(32)24-21(31)13-15(3)30(29-24)20-12-8-6-10-18(20)26/h5-14H,1-4H3,(H,27,28,32). The van der Waals surface area contributed by atoms with Gasteiger partial charge in [-0.25, -0.2) is 9.07 Å². The summed E-state index contributed by atoms with van der Waals surface area (Å²) in [5, 5.41) is 7.88. The quantitative estimate of drug-likeness (QED) is 0.499. The summed E-state index contributed by atoms with van der Waals surface area (Å²) < 4.78 is 15.6. The van der Waals surface area contributed by atoms with E-state index in [4.69, 9.17) is 0 Å². The van der Waals surface area contributed by atoms with Crippen molar-refractivity contribution in [3.05, 3.63) is 93.3 Å². The van der Waals surface area contributed by atoms with Gasteiger partial charge in [-0.15, -0.1) is 0 Å². The largest absolute Gasteiger partial charge is 0.319 e. The Morgan fingerprint density at radius 2 is 1.75 bits per heavy atom. The van der Waals surface area contributed by atoms with Gasteiger partial charge in [0.05, 0.1) is 11.2 Å². The van der Waals surface area contributed by atoms with Crippen LogP contribution in [-0.2, 0) is 0 Å². The van der Waals surface area contributed by atoms with Gasteiger partial charge in [0, 0.05) is 28.4 Å². The minimum absolute atomic E-state index is 0.0865. The highest BCUT2D eigenvalue weighted by Gasteiger charge is 2.21. The van der Waals surface area contributed by atoms with E-state index in [-0.39, 0.29) is 17.3 Å². The van der Waals surface area contributed by atoms with Gasteiger partial charge < -0.3 is 5.32 Å². The van der Waals surface area contributed by atoms with Crippen molar-refractivity contribution < 1.29 is 9.18 Å². The number of amides is 1. The summed E-state index contributed by atoms with van der Waals surface area (Å²) in [4.78, 5) is 30.5. The summed E-state index contributed by atoms with van der Waals surface area (Å²) in [5.74, 6) is -1.07. The molecule has 0 atom stereocenters. The van der Waals surface area contributed by atoms with Crippen LogP contribution in [0.15, 0.2) is 59.4 Å². The van der Waals surface area contributed by atoms with Crippen LogP contribution in [0.4, 0.5) is 10.1 Å². The Hall–Kier alpha value is -3.87. The van der Waals surface area contributed by atoms with Crippen LogP contribution in [0.1, 0.15) is 47.2 Å². The summed E-state index contributed by atoms with van der Waals surface area (Å²) in [6, 6.07) is 14.9. The number of hydrogen-bond donors (Lipinski definition) is 1. The van der Waals surface area contributed by atoms with Crippen LogP contribution >= 0.6 is 0 Å². The lowest BCUT2D eigenvalue weighted by Crippen LogP contribution is -2.27. The number of carbonyl (C=O) groups is 1. The molecular formula is C25H23FN4O2. The normalized spacial score (nSPS) is 11.2. The second-order valence-electron chi connectivity index (χ2n) is 7.97. The average molecular weight is 430 g/mol. The van der Waals surface area contributed by atoms with Gasteiger partial charge in [0.15, 0.2) is 5.69 Å². The van der Waals surface area contributed by atoms with Gasteiger partial charge in [-0.1, -0.05) is 44.2 Å². The van der Waals surface area contributed by atoms with Gasteiger partial charge in [0.2, 0.25) is 5.43 Å². The van der Waals surface area contributed by atoms with Crippen LogP contribution in [-0.4, -0.2) is 20.7 Å². The number of hydrogen-bond acceptors (Lipinski definition) is 4. The van der Waals surface area contributed by atoms with E-state index in [0.29, 0.717) is 11.4 Å². The Bertz CT molecular complexity index is 1410. The van der Waals surface area contributed by atoms with Gasteiger partial charge in [0.1, 0.15) is 11.5 Å². The first-order chi connectivity index (χ1) is 15.3. The zero-order valence-electron chi connectivity index (χ0n) is 18.3. The van der Waals surface area contributed by atoms with Crippen molar-refractivity contribution in [3.8, 4) is 5.69 Å². The second kappa shape index (κ2) is 8.34. The fourth-order valence-corrected chi connectivity index (χ4v) is 3.94. The molecule has 0 bridgehead atoms. The number of anilines is 1. The first-order valence-corrected chi connectivity index (χ1v) is 10.3. The molecule has 162 valence electrons. The molecule has 0 aliphatic rings. The highest BCUT2D eigenvalue weighted by Crippen LogP contribution is 2.33. The van der Waals surface area contributed by atoms with E-state index < -0.39 is 17.2 Å². The van der Waals surface area contributed by atoms with Crippen molar-refractivity contribution in [1.29, 1.82) is 0 Å². The number of fused-ring (bicyclic) bond motifs is 1. The number of nitrogens with one attached hydrogen (secondary N) is 1. The van der Waals surface area contributed by atoms with Crippen LogP contribution in [0.3, 0.4) is 0 Å². The smallest absolute Gasteiger partial charge is 0.280 e. The first kappa shape index (κ1) is 21.4. The van der Waals surface area contributed by atoms with Gasteiger partial charge in [-0.05, 0) is 38.0 Å². The third kappa shape index (κ3) is 3.77. The molecule has 7 heteroatoms. The molecule has 6 nitrogen and oxygen atoms in total. The summed E-state index contributed by atoms with van der Waals surface area (Å²) in [6.45, 7) is 7.57. The molecule has 0 fully saturated rings. The number of halogens is 1. The van der Waals surface area contributed by atoms with E-state index in [2.05, 4.69) is 15.4 Å². The Morgan fingerprint density at radius 1 is 1.06 bits per heavy atom. The number of nitrogens with zero attached hydrogens (tertiary/aromatic N) is 3. The van der Waals surface area contributed by atoms with Gasteiger partial charge >= 0.3 is 0 Å². The first-order valence-electron chi connectivity index (χ1n) is 10.3. The molecular weight excluding hydrogens is 407 g/mol. The van der Waals surface area contributed by atoms with Crippen molar-refractivity contribution in [2.24, 2.45) is 0 Å². The average Bonchev–Trinajstić information content (AvgIpc) is 2.74. The number of benzene rings is 2. The van der Waals surface area contributed by atoms with Crippen molar-refractivity contribution in [1.82, 2.24) is 14.8 Å². The predicted octanol–water partition coefficient (Wildman–Crippen LogP) is 4.91. The molecule has 2 aromatic carbocycles. The fourth-order valence-electron chi connectivity index (χ4n) is 3.94. The number of rotatable bonds is 4. The molecule has 1 N–H and O–H groups in total. The van der Waals surface area contributed by atoms with E-state index >= 15 is 0 Å². The zero-order chi connectivity index (χ0) is 23.0. The van der Waals surface area contributed by atoms with Gasteiger partial charge in [0.25, 0.3) is 5.91 Å². The Labute approximate surface area is 184 Å². The van der Waals surface area contributed by atoms with Crippen LogP contribution < -0.4 is 10.7 Å². The maximum atomic E-state index is 14.3. The summed E-state index contributed by atoms with van der Waals surface area (Å²) in [7, 11) is 0. The molecule has 4 rings (SSSR count). The van der Waals surface area contributed by atoms with E-state index in [9.17, 15) is 14.0 Å². The molecule has 0 spiro atoms. The Kier molecular flexibility index (Phi) is 5.57. The maximum Gasteiger partial charge on any atom is 0.280 e. The molecule has 0 saturated heterocycles. The summed E-state index contributed by atoms with van der Waals surface area (Å²) >= 11 is 0. The maximum absolute atomic E-state index is 14.3. The second-order valence-corrected chi connectivity index (χ2v) is 7.97. The minimum atomic E-state index is -0.655. The highest BCUT2D eigenvalue weighted by molar-refractivity contribution is 6.08. The van der Waals surface area contributed by atoms with Crippen molar-refractivity contribution in [2.45, 2.75) is 33.6 Å². The molecule has 0 aliphatic carbocycles. The number of para-hydroxylation sites is 2. The lowest BCUT2D eigenvalue weighted by Gasteiger charge is -2.19. The molecule has 0 radical (unpaired) electrons. The number of aromatic nitrogens is 3. The van der Waals surface area contributed by atoms with Crippen LogP contribution in [0.25, 0.3) is 16.6 Å².